The Morgan fingerprint density at radius 3 is 2.79 bits per heavy atom. The minimum atomic E-state index is 0.430. The Morgan fingerprint density at radius 1 is 1.21 bits per heavy atom. The van der Waals surface area contributed by atoms with E-state index in [-0.39, 0.29) is 0 Å². The van der Waals surface area contributed by atoms with Crippen molar-refractivity contribution in [3.63, 3.8) is 0 Å². The second kappa shape index (κ2) is 6.24. The van der Waals surface area contributed by atoms with E-state index in [4.69, 9.17) is 4.52 Å². The Kier molecular flexibility index (Phi) is 3.94. The maximum Gasteiger partial charge on any atom is 0.241 e. The standard InChI is InChI=1S/C19H22N4O/c1-14-7-9-15(10-8-14)19-20-18(24-21-19)13-23-12-4-6-17(23)16-5-3-11-22(16)2/h3,5,7-11,17H,4,6,12-13H2,1-2H3/t17-/m0/s1. The highest BCUT2D eigenvalue weighted by atomic mass is 16.5. The van der Waals surface area contributed by atoms with E-state index >= 15 is 0 Å². The van der Waals surface area contributed by atoms with Crippen molar-refractivity contribution in [2.45, 2.75) is 32.4 Å². The fraction of sp³-hybridized carbons (Fsp3) is 0.368. The number of aromatic nitrogens is 3. The Balaban J connectivity index is 1.51. The van der Waals surface area contributed by atoms with Crippen LogP contribution in [-0.4, -0.2) is 26.2 Å². The molecule has 0 unspecified atom stereocenters. The molecule has 5 nitrogen and oxygen atoms in total. The third-order valence-electron chi connectivity index (χ3n) is 4.81. The molecule has 0 bridgehead atoms. The van der Waals surface area contributed by atoms with Gasteiger partial charge in [0.05, 0.1) is 12.6 Å². The molecule has 1 fully saturated rings. The summed E-state index contributed by atoms with van der Waals surface area (Å²) in [5.41, 5.74) is 3.58. The number of hydrogen-bond donors (Lipinski definition) is 0. The lowest BCUT2D eigenvalue weighted by atomic mass is 10.1. The van der Waals surface area contributed by atoms with E-state index in [0.29, 0.717) is 24.3 Å². The topological polar surface area (TPSA) is 47.1 Å². The van der Waals surface area contributed by atoms with Gasteiger partial charge in [0.1, 0.15) is 0 Å². The van der Waals surface area contributed by atoms with Crippen LogP contribution in [0.15, 0.2) is 47.1 Å². The van der Waals surface area contributed by atoms with Crippen LogP contribution in [0.25, 0.3) is 11.4 Å². The van der Waals surface area contributed by atoms with Crippen LogP contribution in [0.3, 0.4) is 0 Å². The summed E-state index contributed by atoms with van der Waals surface area (Å²) in [6, 6.07) is 12.9. The normalized spacial score (nSPS) is 18.3. The molecule has 0 amide bonds. The molecule has 1 aliphatic heterocycles. The molecule has 1 atom stereocenters. The van der Waals surface area contributed by atoms with Crippen molar-refractivity contribution in [3.05, 3.63) is 59.7 Å². The number of likely N-dealkylation sites (tertiary alicyclic amines) is 1. The van der Waals surface area contributed by atoms with Gasteiger partial charge < -0.3 is 9.09 Å². The first-order valence-electron chi connectivity index (χ1n) is 8.45. The minimum Gasteiger partial charge on any atom is -0.353 e. The van der Waals surface area contributed by atoms with E-state index in [0.717, 1.165) is 12.1 Å². The van der Waals surface area contributed by atoms with Gasteiger partial charge in [-0.1, -0.05) is 35.0 Å². The molecule has 1 aromatic carbocycles. The monoisotopic (exact) mass is 322 g/mol. The first-order chi connectivity index (χ1) is 11.7. The van der Waals surface area contributed by atoms with Crippen LogP contribution < -0.4 is 0 Å². The quantitative estimate of drug-likeness (QED) is 0.734. The third-order valence-corrected chi connectivity index (χ3v) is 4.81. The summed E-state index contributed by atoms with van der Waals surface area (Å²) in [5, 5.41) is 4.15. The summed E-state index contributed by atoms with van der Waals surface area (Å²) in [6.45, 7) is 3.84. The van der Waals surface area contributed by atoms with E-state index in [1.807, 2.05) is 12.1 Å². The van der Waals surface area contributed by atoms with Crippen molar-refractivity contribution in [3.8, 4) is 11.4 Å². The van der Waals surface area contributed by atoms with Gasteiger partial charge in [-0.15, -0.1) is 0 Å². The van der Waals surface area contributed by atoms with Crippen molar-refractivity contribution in [2.75, 3.05) is 6.54 Å². The molecule has 0 saturated carbocycles. The van der Waals surface area contributed by atoms with E-state index in [9.17, 15) is 0 Å². The molecule has 0 N–H and O–H groups in total. The summed E-state index contributed by atoms with van der Waals surface area (Å²) in [6.07, 6.45) is 4.49. The highest BCUT2D eigenvalue weighted by Gasteiger charge is 2.29. The predicted octanol–water partition coefficient (Wildman–Crippen LogP) is 3.72. The van der Waals surface area contributed by atoms with Gasteiger partial charge in [-0.25, -0.2) is 0 Å². The zero-order valence-corrected chi connectivity index (χ0v) is 14.1. The Morgan fingerprint density at radius 2 is 2.04 bits per heavy atom. The maximum atomic E-state index is 5.50. The van der Waals surface area contributed by atoms with Gasteiger partial charge >= 0.3 is 0 Å². The molecule has 0 spiro atoms. The van der Waals surface area contributed by atoms with Crippen molar-refractivity contribution in [1.29, 1.82) is 0 Å². The van der Waals surface area contributed by atoms with Crippen LogP contribution in [0.4, 0.5) is 0 Å². The molecule has 2 aromatic heterocycles. The highest BCUT2D eigenvalue weighted by molar-refractivity contribution is 5.54. The number of hydrogen-bond acceptors (Lipinski definition) is 4. The molecule has 4 rings (SSSR count). The average molecular weight is 322 g/mol. The third kappa shape index (κ3) is 2.87. The molecule has 3 heterocycles. The summed E-state index contributed by atoms with van der Waals surface area (Å²) in [5.74, 6) is 1.35. The molecule has 5 heteroatoms. The summed E-state index contributed by atoms with van der Waals surface area (Å²) >= 11 is 0. The zero-order valence-electron chi connectivity index (χ0n) is 14.1. The van der Waals surface area contributed by atoms with E-state index in [1.54, 1.807) is 0 Å². The number of nitrogens with zero attached hydrogens (tertiary/aromatic N) is 4. The SMILES string of the molecule is Cc1ccc(-c2noc(CN3CCC[C@H]3c3cccn3C)n2)cc1. The van der Waals surface area contributed by atoms with Gasteiger partial charge in [0.15, 0.2) is 0 Å². The van der Waals surface area contributed by atoms with Gasteiger partial charge in [-0.3, -0.25) is 4.90 Å². The molecule has 1 aliphatic rings. The molecular weight excluding hydrogens is 300 g/mol. The summed E-state index contributed by atoms with van der Waals surface area (Å²) in [7, 11) is 2.11. The lowest BCUT2D eigenvalue weighted by Gasteiger charge is -2.23. The average Bonchev–Trinajstić information content (AvgIpc) is 3.30. The number of aryl methyl sites for hydroxylation is 2. The van der Waals surface area contributed by atoms with Gasteiger partial charge in [0.25, 0.3) is 0 Å². The first-order valence-corrected chi connectivity index (χ1v) is 8.45. The molecular formula is C19H22N4O. The van der Waals surface area contributed by atoms with Crippen LogP contribution in [0, 0.1) is 6.92 Å². The number of benzene rings is 1. The van der Waals surface area contributed by atoms with Gasteiger partial charge in [0.2, 0.25) is 11.7 Å². The molecule has 1 saturated heterocycles. The van der Waals surface area contributed by atoms with E-state index in [2.05, 4.69) is 64.0 Å². The summed E-state index contributed by atoms with van der Waals surface area (Å²) < 4.78 is 7.70. The van der Waals surface area contributed by atoms with Crippen molar-refractivity contribution in [2.24, 2.45) is 7.05 Å². The van der Waals surface area contributed by atoms with Crippen LogP contribution in [-0.2, 0) is 13.6 Å². The van der Waals surface area contributed by atoms with Crippen LogP contribution in [0.2, 0.25) is 0 Å². The van der Waals surface area contributed by atoms with Crippen LogP contribution >= 0.6 is 0 Å². The minimum absolute atomic E-state index is 0.430. The smallest absolute Gasteiger partial charge is 0.241 e. The highest BCUT2D eigenvalue weighted by Crippen LogP contribution is 2.33. The number of rotatable bonds is 4. The molecule has 124 valence electrons. The maximum absolute atomic E-state index is 5.50. The molecule has 0 aliphatic carbocycles. The Hall–Kier alpha value is -2.40. The fourth-order valence-corrected chi connectivity index (χ4v) is 3.48. The van der Waals surface area contributed by atoms with E-state index in [1.165, 1.54) is 24.1 Å². The van der Waals surface area contributed by atoms with Gasteiger partial charge in [-0.05, 0) is 38.4 Å². The zero-order chi connectivity index (χ0) is 16.5. The lowest BCUT2D eigenvalue weighted by Crippen LogP contribution is -2.24. The fourth-order valence-electron chi connectivity index (χ4n) is 3.48. The Bertz CT molecular complexity index is 818. The molecule has 24 heavy (non-hydrogen) atoms. The second-order valence-electron chi connectivity index (χ2n) is 6.55. The van der Waals surface area contributed by atoms with Gasteiger partial charge in [-0.2, -0.15) is 4.98 Å². The molecule has 0 radical (unpaired) electrons. The summed E-state index contributed by atoms with van der Waals surface area (Å²) in [4.78, 5) is 7.02. The van der Waals surface area contributed by atoms with Gasteiger partial charge in [0, 0.05) is 24.5 Å². The first kappa shape index (κ1) is 15.1. The molecule has 3 aromatic rings. The van der Waals surface area contributed by atoms with Crippen LogP contribution in [0.5, 0.6) is 0 Å². The largest absolute Gasteiger partial charge is 0.353 e. The van der Waals surface area contributed by atoms with Crippen molar-refractivity contribution >= 4 is 0 Å². The second-order valence-corrected chi connectivity index (χ2v) is 6.55. The van der Waals surface area contributed by atoms with Crippen molar-refractivity contribution in [1.82, 2.24) is 19.6 Å². The Labute approximate surface area is 141 Å². The van der Waals surface area contributed by atoms with Crippen molar-refractivity contribution < 1.29 is 4.52 Å². The predicted molar refractivity (Wildman–Crippen MR) is 92.3 cm³/mol. The van der Waals surface area contributed by atoms with Crippen LogP contribution in [0.1, 0.15) is 36.0 Å². The van der Waals surface area contributed by atoms with E-state index < -0.39 is 0 Å². The lowest BCUT2D eigenvalue weighted by molar-refractivity contribution is 0.207.